The summed E-state index contributed by atoms with van der Waals surface area (Å²) in [4.78, 5) is 12.1. The molecule has 1 N–H and O–H groups in total. The second-order valence-electron chi connectivity index (χ2n) is 5.54. The number of rotatable bonds is 4. The van der Waals surface area contributed by atoms with Crippen LogP contribution in [-0.2, 0) is 9.84 Å². The van der Waals surface area contributed by atoms with Crippen LogP contribution in [-0.4, -0.2) is 30.8 Å². The molecule has 0 bridgehead atoms. The number of benzene rings is 2. The molecule has 2 aromatic carbocycles. The topological polar surface area (TPSA) is 89.0 Å². The summed E-state index contributed by atoms with van der Waals surface area (Å²) in [6.07, 6.45) is 1.06. The van der Waals surface area contributed by atoms with Gasteiger partial charge >= 0.3 is 0 Å². The lowest BCUT2D eigenvalue weighted by atomic mass is 10.1. The number of carbonyl (C=O) groups excluding carboxylic acids is 1. The Morgan fingerprint density at radius 2 is 1.65 bits per heavy atom. The van der Waals surface area contributed by atoms with E-state index in [-0.39, 0.29) is 10.6 Å². The normalized spacial score (nSPS) is 11.2. The van der Waals surface area contributed by atoms with Crippen molar-refractivity contribution in [3.05, 3.63) is 72.0 Å². The Hall–Kier alpha value is -3.13. The number of hydrogen-bond acceptors (Lipinski definition) is 5. The van der Waals surface area contributed by atoms with Crippen molar-refractivity contribution >= 4 is 21.4 Å². The Morgan fingerprint density at radius 3 is 2.23 bits per heavy atom. The van der Waals surface area contributed by atoms with Crippen molar-refractivity contribution in [1.82, 2.24) is 10.2 Å². The fourth-order valence-corrected chi connectivity index (χ4v) is 2.74. The Kier molecular flexibility index (Phi) is 4.77. The number of halogens is 1. The molecule has 8 heteroatoms. The van der Waals surface area contributed by atoms with Crippen LogP contribution in [0, 0.1) is 5.82 Å². The van der Waals surface area contributed by atoms with Crippen molar-refractivity contribution in [3.63, 3.8) is 0 Å². The first-order valence-corrected chi connectivity index (χ1v) is 9.44. The maximum absolute atomic E-state index is 13.6. The maximum atomic E-state index is 13.6. The molecule has 0 saturated heterocycles. The molecule has 0 atom stereocenters. The zero-order valence-electron chi connectivity index (χ0n) is 13.7. The molecule has 132 valence electrons. The number of nitrogens with zero attached hydrogens (tertiary/aromatic N) is 2. The third kappa shape index (κ3) is 3.92. The van der Waals surface area contributed by atoms with E-state index in [1.165, 1.54) is 24.3 Å². The molecule has 1 heterocycles. The number of anilines is 1. The van der Waals surface area contributed by atoms with E-state index in [0.717, 1.165) is 6.26 Å². The van der Waals surface area contributed by atoms with Crippen LogP contribution in [0.2, 0.25) is 0 Å². The number of hydrogen-bond donors (Lipinski definition) is 1. The van der Waals surface area contributed by atoms with Gasteiger partial charge in [0, 0.05) is 17.5 Å². The predicted octanol–water partition coefficient (Wildman–Crippen LogP) is 2.94. The Bertz CT molecular complexity index is 1050. The maximum Gasteiger partial charge on any atom is 0.258 e. The standard InChI is InChI=1S/C18H14FN3O3S/c1-26(24,25)17-11-10-16(21-22-17)12-6-8-13(9-7-12)20-18(23)14-4-2-3-5-15(14)19/h2-11H,1H3,(H,20,23). The lowest BCUT2D eigenvalue weighted by molar-refractivity contribution is 0.102. The fourth-order valence-electron chi connectivity index (χ4n) is 2.24. The van der Waals surface area contributed by atoms with Gasteiger partial charge in [-0.05, 0) is 36.4 Å². The number of nitrogens with one attached hydrogen (secondary N) is 1. The minimum Gasteiger partial charge on any atom is -0.322 e. The summed E-state index contributed by atoms with van der Waals surface area (Å²) in [5, 5.41) is 10.1. The zero-order valence-corrected chi connectivity index (χ0v) is 14.5. The lowest BCUT2D eigenvalue weighted by Crippen LogP contribution is -2.13. The van der Waals surface area contributed by atoms with Crippen LogP contribution in [0.3, 0.4) is 0 Å². The van der Waals surface area contributed by atoms with Crippen LogP contribution >= 0.6 is 0 Å². The van der Waals surface area contributed by atoms with Gasteiger partial charge in [0.05, 0.1) is 11.3 Å². The molecule has 3 aromatic rings. The molecule has 0 aliphatic rings. The highest BCUT2D eigenvalue weighted by Gasteiger charge is 2.12. The quantitative estimate of drug-likeness (QED) is 0.762. The summed E-state index contributed by atoms with van der Waals surface area (Å²) in [6.45, 7) is 0. The highest BCUT2D eigenvalue weighted by atomic mass is 32.2. The third-order valence-electron chi connectivity index (χ3n) is 3.58. The van der Waals surface area contributed by atoms with Crippen LogP contribution < -0.4 is 5.32 Å². The Morgan fingerprint density at radius 1 is 0.962 bits per heavy atom. The molecule has 0 fully saturated rings. The van der Waals surface area contributed by atoms with Crippen LogP contribution in [0.5, 0.6) is 0 Å². The van der Waals surface area contributed by atoms with Crippen LogP contribution in [0.15, 0.2) is 65.7 Å². The van der Waals surface area contributed by atoms with Crippen LogP contribution in [0.4, 0.5) is 10.1 Å². The average Bonchev–Trinajstić information content (AvgIpc) is 2.62. The number of sulfone groups is 1. The molecule has 3 rings (SSSR count). The van der Waals surface area contributed by atoms with E-state index in [1.807, 2.05) is 0 Å². The molecule has 0 spiro atoms. The van der Waals surface area contributed by atoms with Gasteiger partial charge in [-0.25, -0.2) is 12.8 Å². The van der Waals surface area contributed by atoms with Crippen molar-refractivity contribution in [2.24, 2.45) is 0 Å². The van der Waals surface area contributed by atoms with Crippen molar-refractivity contribution in [2.75, 3.05) is 11.6 Å². The van der Waals surface area contributed by atoms with Gasteiger partial charge in [0.2, 0.25) is 0 Å². The molecule has 1 aromatic heterocycles. The molecule has 26 heavy (non-hydrogen) atoms. The summed E-state index contributed by atoms with van der Waals surface area (Å²) >= 11 is 0. The van der Waals surface area contributed by atoms with Gasteiger partial charge in [-0.1, -0.05) is 24.3 Å². The van der Waals surface area contributed by atoms with Gasteiger partial charge in [-0.15, -0.1) is 10.2 Å². The van der Waals surface area contributed by atoms with E-state index in [1.54, 1.807) is 36.4 Å². The molecule has 1 amide bonds. The number of aromatic nitrogens is 2. The molecular weight excluding hydrogens is 357 g/mol. The highest BCUT2D eigenvalue weighted by Crippen LogP contribution is 2.20. The SMILES string of the molecule is CS(=O)(=O)c1ccc(-c2ccc(NC(=O)c3ccccc3F)cc2)nn1. The van der Waals surface area contributed by atoms with Gasteiger partial charge in [0.15, 0.2) is 14.9 Å². The zero-order chi connectivity index (χ0) is 18.7. The largest absolute Gasteiger partial charge is 0.322 e. The van der Waals surface area contributed by atoms with Gasteiger partial charge in [0.1, 0.15) is 5.82 Å². The van der Waals surface area contributed by atoms with E-state index in [9.17, 15) is 17.6 Å². The molecule has 0 radical (unpaired) electrons. The fraction of sp³-hybridized carbons (Fsp3) is 0.0556. The molecular formula is C18H14FN3O3S. The van der Waals surface area contributed by atoms with E-state index in [4.69, 9.17) is 0 Å². The van der Waals surface area contributed by atoms with Crippen molar-refractivity contribution in [3.8, 4) is 11.3 Å². The lowest BCUT2D eigenvalue weighted by Gasteiger charge is -2.07. The Balaban J connectivity index is 1.76. The van der Waals surface area contributed by atoms with Crippen molar-refractivity contribution in [2.45, 2.75) is 5.03 Å². The monoisotopic (exact) mass is 371 g/mol. The third-order valence-corrected chi connectivity index (χ3v) is 4.55. The first kappa shape index (κ1) is 17.7. The van der Waals surface area contributed by atoms with Gasteiger partial charge < -0.3 is 5.32 Å². The van der Waals surface area contributed by atoms with E-state index in [0.29, 0.717) is 16.9 Å². The van der Waals surface area contributed by atoms with Crippen LogP contribution in [0.25, 0.3) is 11.3 Å². The minimum absolute atomic E-state index is 0.0428. The van der Waals surface area contributed by atoms with Gasteiger partial charge in [0.25, 0.3) is 5.91 Å². The van der Waals surface area contributed by atoms with Crippen LogP contribution in [0.1, 0.15) is 10.4 Å². The van der Waals surface area contributed by atoms with Crippen molar-refractivity contribution < 1.29 is 17.6 Å². The second-order valence-corrected chi connectivity index (χ2v) is 7.50. The summed E-state index contributed by atoms with van der Waals surface area (Å²) in [6, 6.07) is 15.3. The molecule has 0 aliphatic heterocycles. The van der Waals surface area contributed by atoms with E-state index >= 15 is 0 Å². The minimum atomic E-state index is -3.40. The smallest absolute Gasteiger partial charge is 0.258 e. The molecule has 0 saturated carbocycles. The summed E-state index contributed by atoms with van der Waals surface area (Å²) in [7, 11) is -3.40. The molecule has 0 unspecified atom stereocenters. The average molecular weight is 371 g/mol. The van der Waals surface area contributed by atoms with E-state index in [2.05, 4.69) is 15.5 Å². The highest BCUT2D eigenvalue weighted by molar-refractivity contribution is 7.90. The number of carbonyl (C=O) groups is 1. The van der Waals surface area contributed by atoms with E-state index < -0.39 is 21.6 Å². The molecule has 6 nitrogen and oxygen atoms in total. The number of amides is 1. The second kappa shape index (κ2) is 7.01. The summed E-state index contributed by atoms with van der Waals surface area (Å²) in [5.74, 6) is -1.14. The molecule has 0 aliphatic carbocycles. The summed E-state index contributed by atoms with van der Waals surface area (Å²) in [5.41, 5.74) is 1.63. The predicted molar refractivity (Wildman–Crippen MR) is 94.9 cm³/mol. The Labute approximate surface area is 149 Å². The van der Waals surface area contributed by atoms with Crippen molar-refractivity contribution in [1.29, 1.82) is 0 Å². The first-order valence-electron chi connectivity index (χ1n) is 7.55. The van der Waals surface area contributed by atoms with Gasteiger partial charge in [-0.3, -0.25) is 4.79 Å². The first-order chi connectivity index (χ1) is 12.3. The van der Waals surface area contributed by atoms with Gasteiger partial charge in [-0.2, -0.15) is 0 Å². The summed E-state index contributed by atoms with van der Waals surface area (Å²) < 4.78 is 36.4.